The Bertz CT molecular complexity index is 157. The van der Waals surface area contributed by atoms with E-state index in [0.717, 1.165) is 0 Å². The first-order chi connectivity index (χ1) is 5.57. The van der Waals surface area contributed by atoms with E-state index in [0.29, 0.717) is 0 Å². The molecule has 0 amide bonds. The van der Waals surface area contributed by atoms with E-state index in [2.05, 4.69) is 12.6 Å². The average Bonchev–Trinajstić information content (AvgIpc) is 2.08. The smallest absolute Gasteiger partial charge is 0.759 e. The first-order valence-electron chi connectivity index (χ1n) is 3.54. The fourth-order valence-corrected chi connectivity index (χ4v) is 1.37. The SMILES string of the molecule is O.OCC1OC([S-])C(O)C(O)C1O.[Na+]. The predicted octanol–water partition coefficient (Wildman–Crippen LogP) is -6.49. The Morgan fingerprint density at radius 2 is 1.57 bits per heavy atom. The van der Waals surface area contributed by atoms with Crippen LogP contribution in [0.3, 0.4) is 0 Å². The summed E-state index contributed by atoms with van der Waals surface area (Å²) in [5.74, 6) is 0. The van der Waals surface area contributed by atoms with Crippen LogP contribution in [0.2, 0.25) is 0 Å². The van der Waals surface area contributed by atoms with Crippen LogP contribution in [0, 0.1) is 0 Å². The van der Waals surface area contributed by atoms with Gasteiger partial charge in [-0.25, -0.2) is 0 Å². The standard InChI is InChI=1S/C6H12O5S.Na.H2O/c7-1-2-3(8)4(9)5(10)6(12)11-2;;/h2-10,12H,1H2;;1H2/q;+1;/p-1. The maximum absolute atomic E-state index is 9.18. The summed E-state index contributed by atoms with van der Waals surface area (Å²) in [7, 11) is 0. The molecule has 6 N–H and O–H groups in total. The molecule has 0 spiro atoms. The number of aliphatic hydroxyl groups is 4. The van der Waals surface area contributed by atoms with Crippen molar-refractivity contribution in [3.8, 4) is 0 Å². The molecule has 8 heteroatoms. The van der Waals surface area contributed by atoms with Gasteiger partial charge in [0.15, 0.2) is 0 Å². The van der Waals surface area contributed by atoms with Crippen molar-refractivity contribution in [2.24, 2.45) is 0 Å². The van der Waals surface area contributed by atoms with Crippen LogP contribution < -0.4 is 29.6 Å². The van der Waals surface area contributed by atoms with Crippen molar-refractivity contribution in [1.29, 1.82) is 0 Å². The van der Waals surface area contributed by atoms with E-state index in [1.165, 1.54) is 0 Å². The number of aliphatic hydroxyl groups excluding tert-OH is 4. The van der Waals surface area contributed by atoms with Gasteiger partial charge in [0.05, 0.1) is 12.7 Å². The molecule has 0 aliphatic carbocycles. The number of hydrogen-bond acceptors (Lipinski definition) is 6. The molecule has 1 aliphatic heterocycles. The number of hydrogen-bond donors (Lipinski definition) is 4. The summed E-state index contributed by atoms with van der Waals surface area (Å²) in [6, 6.07) is 0. The third-order valence-corrected chi connectivity index (χ3v) is 2.24. The third-order valence-electron chi connectivity index (χ3n) is 1.85. The zero-order valence-corrected chi connectivity index (χ0v) is 10.5. The summed E-state index contributed by atoms with van der Waals surface area (Å²) in [6.45, 7) is -0.432. The average molecular weight is 236 g/mol. The van der Waals surface area contributed by atoms with Crippen LogP contribution in [-0.2, 0) is 17.4 Å². The van der Waals surface area contributed by atoms with E-state index in [9.17, 15) is 5.11 Å². The van der Waals surface area contributed by atoms with Crippen LogP contribution in [0.4, 0.5) is 0 Å². The second kappa shape index (κ2) is 7.39. The summed E-state index contributed by atoms with van der Waals surface area (Å²) in [4.78, 5) is 0. The van der Waals surface area contributed by atoms with Crippen LogP contribution in [0.1, 0.15) is 0 Å². The van der Waals surface area contributed by atoms with Gasteiger partial charge in [0, 0.05) is 0 Å². The van der Waals surface area contributed by atoms with E-state index >= 15 is 0 Å². The van der Waals surface area contributed by atoms with E-state index in [1.807, 2.05) is 0 Å². The Hall–Kier alpha value is 1.11. The zero-order valence-electron chi connectivity index (χ0n) is 7.70. The van der Waals surface area contributed by atoms with E-state index in [4.69, 9.17) is 20.1 Å². The number of ether oxygens (including phenoxy) is 1. The Kier molecular flexibility index (Phi) is 9.24. The normalized spacial score (nSPS) is 42.2. The van der Waals surface area contributed by atoms with Crippen LogP contribution >= 0.6 is 0 Å². The van der Waals surface area contributed by atoms with Crippen LogP contribution in [0.5, 0.6) is 0 Å². The van der Waals surface area contributed by atoms with E-state index in [-0.39, 0.29) is 35.0 Å². The Morgan fingerprint density at radius 1 is 1.07 bits per heavy atom. The molecule has 1 heterocycles. The van der Waals surface area contributed by atoms with Crippen LogP contribution in [-0.4, -0.2) is 62.4 Å². The minimum Gasteiger partial charge on any atom is -0.759 e. The molecular weight excluding hydrogens is 223 g/mol. The first-order valence-corrected chi connectivity index (χ1v) is 4.01. The van der Waals surface area contributed by atoms with Crippen molar-refractivity contribution in [3.63, 3.8) is 0 Å². The molecule has 0 radical (unpaired) electrons. The molecule has 0 bridgehead atoms. The van der Waals surface area contributed by atoms with Gasteiger partial charge in [0.2, 0.25) is 0 Å². The molecule has 1 saturated heterocycles. The van der Waals surface area contributed by atoms with Gasteiger partial charge in [-0.15, -0.1) is 0 Å². The van der Waals surface area contributed by atoms with Gasteiger partial charge in [0.1, 0.15) is 18.3 Å². The molecule has 0 aromatic carbocycles. The summed E-state index contributed by atoms with van der Waals surface area (Å²) in [5, 5.41) is 36.1. The maximum Gasteiger partial charge on any atom is 1.00 e. The second-order valence-corrected chi connectivity index (χ2v) is 3.16. The van der Waals surface area contributed by atoms with Gasteiger partial charge in [-0.1, -0.05) is 0 Å². The minimum absolute atomic E-state index is 0. The predicted molar refractivity (Wildman–Crippen MR) is 44.7 cm³/mol. The topological polar surface area (TPSA) is 122 Å². The van der Waals surface area contributed by atoms with E-state index in [1.54, 1.807) is 0 Å². The van der Waals surface area contributed by atoms with Gasteiger partial charge < -0.3 is 43.3 Å². The van der Waals surface area contributed by atoms with E-state index < -0.39 is 36.5 Å². The molecule has 1 aliphatic rings. The molecule has 14 heavy (non-hydrogen) atoms. The van der Waals surface area contributed by atoms with Gasteiger partial charge in [-0.05, 0) is 5.44 Å². The molecule has 5 unspecified atom stereocenters. The van der Waals surface area contributed by atoms with Crippen molar-refractivity contribution >= 4 is 12.6 Å². The van der Waals surface area contributed by atoms with Crippen molar-refractivity contribution in [2.75, 3.05) is 6.61 Å². The van der Waals surface area contributed by atoms with Crippen molar-refractivity contribution < 1.29 is 60.2 Å². The molecule has 0 saturated carbocycles. The molecule has 0 aromatic rings. The molecule has 0 aromatic heterocycles. The van der Waals surface area contributed by atoms with Crippen molar-refractivity contribution in [1.82, 2.24) is 0 Å². The molecule has 80 valence electrons. The fraction of sp³-hybridized carbons (Fsp3) is 1.00. The van der Waals surface area contributed by atoms with Crippen molar-refractivity contribution in [3.05, 3.63) is 0 Å². The van der Waals surface area contributed by atoms with Crippen LogP contribution in [0.25, 0.3) is 0 Å². The quantitative estimate of drug-likeness (QED) is 0.265. The third kappa shape index (κ3) is 3.60. The van der Waals surface area contributed by atoms with Crippen molar-refractivity contribution in [2.45, 2.75) is 29.9 Å². The molecule has 1 rings (SSSR count). The Labute approximate surface area is 109 Å². The van der Waals surface area contributed by atoms with Crippen LogP contribution in [0.15, 0.2) is 0 Å². The monoisotopic (exact) mass is 236 g/mol. The number of rotatable bonds is 1. The minimum atomic E-state index is -1.35. The van der Waals surface area contributed by atoms with Gasteiger partial charge in [-0.2, -0.15) is 0 Å². The molecule has 6 nitrogen and oxygen atoms in total. The molecule has 5 atom stereocenters. The Morgan fingerprint density at radius 3 is 2.00 bits per heavy atom. The fourth-order valence-electron chi connectivity index (χ4n) is 1.07. The molecular formula is C6H13NaO6S. The summed E-state index contributed by atoms with van der Waals surface area (Å²) >= 11 is 4.63. The van der Waals surface area contributed by atoms with Gasteiger partial charge >= 0.3 is 29.6 Å². The Balaban J connectivity index is 0. The second-order valence-electron chi connectivity index (χ2n) is 2.70. The largest absolute Gasteiger partial charge is 1.00 e. The summed E-state index contributed by atoms with van der Waals surface area (Å²) in [5.41, 5.74) is -0.986. The first kappa shape index (κ1) is 17.5. The molecule has 1 fully saturated rings. The van der Waals surface area contributed by atoms with Gasteiger partial charge in [0.25, 0.3) is 0 Å². The zero-order chi connectivity index (χ0) is 9.30. The van der Waals surface area contributed by atoms with Gasteiger partial charge in [-0.3, -0.25) is 0 Å². The maximum atomic E-state index is 9.18. The summed E-state index contributed by atoms with van der Waals surface area (Å²) < 4.78 is 4.84. The summed E-state index contributed by atoms with van der Waals surface area (Å²) in [6.07, 6.45) is -4.83.